The summed E-state index contributed by atoms with van der Waals surface area (Å²) in [6, 6.07) is 0. The molecule has 0 aromatic heterocycles. The van der Waals surface area contributed by atoms with Gasteiger partial charge >= 0.3 is 0 Å². The molecule has 2 heterocycles. The molecule has 5 heteroatoms. The van der Waals surface area contributed by atoms with Crippen LogP contribution >= 0.6 is 0 Å². The molecule has 20 heavy (non-hydrogen) atoms. The Kier molecular flexibility index (Phi) is 10.4. The third-order valence-corrected chi connectivity index (χ3v) is 3.58. The maximum absolute atomic E-state index is 9.40. The molecule has 0 amide bonds. The van der Waals surface area contributed by atoms with Gasteiger partial charge in [0.05, 0.1) is 24.4 Å². The number of hydrogen-bond acceptors (Lipinski definition) is 5. The number of aliphatic hydroxyl groups excluding tert-OH is 2. The van der Waals surface area contributed by atoms with Crippen molar-refractivity contribution in [1.82, 2.24) is 0 Å². The van der Waals surface area contributed by atoms with E-state index in [2.05, 4.69) is 0 Å². The van der Waals surface area contributed by atoms with E-state index in [9.17, 15) is 5.11 Å². The summed E-state index contributed by atoms with van der Waals surface area (Å²) in [6.07, 6.45) is 3.76. The number of hydrogen-bond donors (Lipinski definition) is 2. The Morgan fingerprint density at radius 2 is 1.90 bits per heavy atom. The number of aliphatic hydroxyl groups is 2. The largest absolute Gasteiger partial charge is 0.393 e. The average Bonchev–Trinajstić information content (AvgIpc) is 2.40. The van der Waals surface area contributed by atoms with Crippen LogP contribution in [0.4, 0.5) is 0 Å². The highest BCUT2D eigenvalue weighted by Gasteiger charge is 2.28. The number of ether oxygens (including phenoxy) is 3. The van der Waals surface area contributed by atoms with E-state index in [-0.39, 0.29) is 38.1 Å². The molecule has 5 atom stereocenters. The first-order valence-electron chi connectivity index (χ1n) is 7.22. The van der Waals surface area contributed by atoms with Crippen LogP contribution in [0.25, 0.3) is 0 Å². The van der Waals surface area contributed by atoms with E-state index in [4.69, 9.17) is 19.3 Å². The monoisotopic (exact) mass is 292 g/mol. The lowest BCUT2D eigenvalue weighted by Crippen LogP contribution is -2.38. The topological polar surface area (TPSA) is 68.2 Å². The van der Waals surface area contributed by atoms with Gasteiger partial charge in [-0.05, 0) is 32.6 Å². The molecule has 0 aromatic carbocycles. The van der Waals surface area contributed by atoms with E-state index in [1.54, 1.807) is 7.11 Å². The van der Waals surface area contributed by atoms with Crippen LogP contribution in [0.3, 0.4) is 0 Å². The van der Waals surface area contributed by atoms with E-state index in [0.717, 1.165) is 38.7 Å². The molecule has 0 aliphatic carbocycles. The van der Waals surface area contributed by atoms with Crippen molar-refractivity contribution in [2.24, 2.45) is 0 Å². The smallest absolute Gasteiger partial charge is 0.157 e. The van der Waals surface area contributed by atoms with Gasteiger partial charge in [0, 0.05) is 20.1 Å². The lowest BCUT2D eigenvalue weighted by molar-refractivity contribution is -0.211. The maximum atomic E-state index is 9.40. The van der Waals surface area contributed by atoms with Gasteiger partial charge in [0.15, 0.2) is 6.29 Å². The van der Waals surface area contributed by atoms with Crippen LogP contribution in [0.1, 0.15) is 53.4 Å². The Balaban J connectivity index is 0.000000359. The highest BCUT2D eigenvalue weighted by atomic mass is 16.7. The van der Waals surface area contributed by atoms with Crippen molar-refractivity contribution in [1.29, 1.82) is 0 Å². The van der Waals surface area contributed by atoms with E-state index >= 15 is 0 Å². The second-order valence-electron chi connectivity index (χ2n) is 5.25. The molecular formula is C15H32O5. The fraction of sp³-hybridized carbons (Fsp3) is 1.00. The summed E-state index contributed by atoms with van der Waals surface area (Å²) >= 11 is 0. The molecule has 5 nitrogen and oxygen atoms in total. The van der Waals surface area contributed by atoms with Crippen LogP contribution in [0.15, 0.2) is 0 Å². The van der Waals surface area contributed by atoms with Crippen molar-refractivity contribution < 1.29 is 24.4 Å². The summed E-state index contributed by atoms with van der Waals surface area (Å²) in [5.74, 6) is 0. The Morgan fingerprint density at radius 3 is 2.35 bits per heavy atom. The standard InChI is InChI=1S/C8H16O3.C6H12O2.CH4/c1-3-7-6(9)4-5-8(10-2)11-7;1-5-4-6(7)2-3-8-5;/h6-9H,3-5H2,1-2H3;5-7H,2-4H2,1H3;1H4/t6-,7?,8-;;/m0../s1. The van der Waals surface area contributed by atoms with Crippen LogP contribution in [0.5, 0.6) is 0 Å². The first-order valence-corrected chi connectivity index (χ1v) is 7.22. The van der Waals surface area contributed by atoms with Crippen LogP contribution in [0.2, 0.25) is 0 Å². The number of rotatable bonds is 2. The third-order valence-electron chi connectivity index (χ3n) is 3.58. The zero-order valence-corrected chi connectivity index (χ0v) is 12.2. The first-order chi connectivity index (χ1) is 9.06. The normalized spacial score (nSPS) is 37.4. The van der Waals surface area contributed by atoms with E-state index in [1.807, 2.05) is 13.8 Å². The quantitative estimate of drug-likeness (QED) is 0.815. The van der Waals surface area contributed by atoms with Gasteiger partial charge in [0.1, 0.15) is 0 Å². The van der Waals surface area contributed by atoms with Crippen LogP contribution in [-0.2, 0) is 14.2 Å². The molecule has 122 valence electrons. The molecule has 2 saturated heterocycles. The van der Waals surface area contributed by atoms with Gasteiger partial charge in [0.25, 0.3) is 0 Å². The molecule has 0 aromatic rings. The minimum Gasteiger partial charge on any atom is -0.393 e. The zero-order chi connectivity index (χ0) is 14.3. The van der Waals surface area contributed by atoms with Crippen molar-refractivity contribution in [3.63, 3.8) is 0 Å². The van der Waals surface area contributed by atoms with Gasteiger partial charge in [-0.1, -0.05) is 14.4 Å². The minimum absolute atomic E-state index is 0. The lowest BCUT2D eigenvalue weighted by Gasteiger charge is -2.32. The van der Waals surface area contributed by atoms with Crippen LogP contribution < -0.4 is 0 Å². The fourth-order valence-corrected chi connectivity index (χ4v) is 2.36. The van der Waals surface area contributed by atoms with Gasteiger partial charge in [-0.3, -0.25) is 0 Å². The molecule has 3 unspecified atom stereocenters. The lowest BCUT2D eigenvalue weighted by atomic mass is 10.0. The van der Waals surface area contributed by atoms with Gasteiger partial charge in [0.2, 0.25) is 0 Å². The van der Waals surface area contributed by atoms with Crippen LogP contribution in [0, 0.1) is 0 Å². The molecule has 2 aliphatic rings. The molecule has 0 bridgehead atoms. The summed E-state index contributed by atoms with van der Waals surface area (Å²) in [7, 11) is 1.63. The Labute approximate surface area is 123 Å². The molecule has 0 spiro atoms. The Morgan fingerprint density at radius 1 is 1.20 bits per heavy atom. The third kappa shape index (κ3) is 6.99. The fourth-order valence-electron chi connectivity index (χ4n) is 2.36. The average molecular weight is 292 g/mol. The zero-order valence-electron chi connectivity index (χ0n) is 12.2. The molecule has 2 N–H and O–H groups in total. The molecule has 2 rings (SSSR count). The van der Waals surface area contributed by atoms with Crippen molar-refractivity contribution in [2.45, 2.75) is 84.1 Å². The van der Waals surface area contributed by atoms with Crippen LogP contribution in [-0.4, -0.2) is 54.6 Å². The minimum atomic E-state index is -0.300. The highest BCUT2D eigenvalue weighted by molar-refractivity contribution is 4.73. The Bertz CT molecular complexity index is 228. The Hall–Kier alpha value is -0.200. The second-order valence-corrected chi connectivity index (χ2v) is 5.25. The summed E-state index contributed by atoms with van der Waals surface area (Å²) in [6.45, 7) is 4.72. The predicted molar refractivity (Wildman–Crippen MR) is 78.6 cm³/mol. The first kappa shape index (κ1) is 19.8. The van der Waals surface area contributed by atoms with E-state index in [1.165, 1.54) is 0 Å². The molecule has 0 saturated carbocycles. The van der Waals surface area contributed by atoms with Crippen molar-refractivity contribution in [2.75, 3.05) is 13.7 Å². The summed E-state index contributed by atoms with van der Waals surface area (Å²) in [5.41, 5.74) is 0. The maximum Gasteiger partial charge on any atom is 0.157 e. The van der Waals surface area contributed by atoms with Gasteiger partial charge < -0.3 is 24.4 Å². The SMILES string of the molecule is C.CC1CC(O)CCO1.CCC1O[C@H](OC)CC[C@@H]1O. The van der Waals surface area contributed by atoms with E-state index < -0.39 is 0 Å². The number of methoxy groups -OCH3 is 1. The van der Waals surface area contributed by atoms with Gasteiger partial charge in [-0.25, -0.2) is 0 Å². The molecular weight excluding hydrogens is 260 g/mol. The van der Waals surface area contributed by atoms with Gasteiger partial charge in [-0.15, -0.1) is 0 Å². The summed E-state index contributed by atoms with van der Waals surface area (Å²) in [5, 5.41) is 18.4. The van der Waals surface area contributed by atoms with Crippen molar-refractivity contribution in [3.8, 4) is 0 Å². The second kappa shape index (κ2) is 10.5. The molecule has 2 aliphatic heterocycles. The predicted octanol–water partition coefficient (Wildman–Crippen LogP) is 2.09. The summed E-state index contributed by atoms with van der Waals surface area (Å²) < 4.78 is 15.7. The molecule has 2 fully saturated rings. The molecule has 0 radical (unpaired) electrons. The summed E-state index contributed by atoms with van der Waals surface area (Å²) in [4.78, 5) is 0. The van der Waals surface area contributed by atoms with Crippen molar-refractivity contribution in [3.05, 3.63) is 0 Å². The highest BCUT2D eigenvalue weighted by Crippen LogP contribution is 2.21. The van der Waals surface area contributed by atoms with E-state index in [0.29, 0.717) is 0 Å². The van der Waals surface area contributed by atoms with Crippen molar-refractivity contribution >= 4 is 0 Å². The van der Waals surface area contributed by atoms with Gasteiger partial charge in [-0.2, -0.15) is 0 Å².